The zero-order valence-electron chi connectivity index (χ0n) is 12.4. The third-order valence-electron chi connectivity index (χ3n) is 3.62. The van der Waals surface area contributed by atoms with Gasteiger partial charge in [0, 0.05) is 38.1 Å². The van der Waals surface area contributed by atoms with Gasteiger partial charge in [0.05, 0.1) is 6.54 Å². The van der Waals surface area contributed by atoms with Gasteiger partial charge in [-0.3, -0.25) is 4.90 Å². The molecule has 2 atom stereocenters. The summed E-state index contributed by atoms with van der Waals surface area (Å²) < 4.78 is 37.3. The summed E-state index contributed by atoms with van der Waals surface area (Å²) in [5, 5.41) is 2.82. The van der Waals surface area contributed by atoms with Gasteiger partial charge in [-0.15, -0.1) is 12.3 Å². The first-order valence-electron chi connectivity index (χ1n) is 7.06. The van der Waals surface area contributed by atoms with E-state index in [2.05, 4.69) is 11.2 Å². The summed E-state index contributed by atoms with van der Waals surface area (Å²) in [5.74, 6) is 2.50. The molecule has 0 spiro atoms. The molecule has 0 aromatic carbocycles. The first kappa shape index (κ1) is 17.6. The van der Waals surface area contributed by atoms with Crippen molar-refractivity contribution in [3.8, 4) is 12.3 Å². The molecule has 0 radical (unpaired) electrons. The standard InChI is InChI=1S/C14H22F3N3O/c1-4-6-12(5-2)18-13(21)19-7-8-20(11(3)9-19)10-14(15,16)17/h1,11-12H,5-10H2,2-3H3,(H,18,21)/t11-,12-/m0/s1. The van der Waals surface area contributed by atoms with Crippen LogP contribution in [0.5, 0.6) is 0 Å². The maximum atomic E-state index is 12.4. The van der Waals surface area contributed by atoms with Gasteiger partial charge in [-0.1, -0.05) is 6.92 Å². The second-order valence-corrected chi connectivity index (χ2v) is 5.34. The fraction of sp³-hybridized carbons (Fsp3) is 0.786. The molecule has 2 amide bonds. The summed E-state index contributed by atoms with van der Waals surface area (Å²) in [7, 11) is 0. The van der Waals surface area contributed by atoms with Gasteiger partial charge in [-0.25, -0.2) is 4.79 Å². The molecule has 7 heteroatoms. The Morgan fingerprint density at radius 2 is 2.14 bits per heavy atom. The molecular weight excluding hydrogens is 283 g/mol. The van der Waals surface area contributed by atoms with Crippen molar-refractivity contribution in [3.05, 3.63) is 0 Å². The molecule has 1 N–H and O–H groups in total. The van der Waals surface area contributed by atoms with E-state index >= 15 is 0 Å². The molecule has 1 rings (SSSR count). The molecule has 0 aromatic heterocycles. The number of terminal acetylenes is 1. The lowest BCUT2D eigenvalue weighted by Crippen LogP contribution is -2.58. The highest BCUT2D eigenvalue weighted by Gasteiger charge is 2.36. The van der Waals surface area contributed by atoms with E-state index in [0.717, 1.165) is 6.42 Å². The van der Waals surface area contributed by atoms with Crippen LogP contribution in [0.3, 0.4) is 0 Å². The van der Waals surface area contributed by atoms with Gasteiger partial charge in [0.15, 0.2) is 0 Å². The van der Waals surface area contributed by atoms with Crippen molar-refractivity contribution >= 4 is 6.03 Å². The normalized spacial score (nSPS) is 21.7. The van der Waals surface area contributed by atoms with Gasteiger partial charge in [0.1, 0.15) is 0 Å². The number of amides is 2. The maximum absolute atomic E-state index is 12.4. The maximum Gasteiger partial charge on any atom is 0.401 e. The SMILES string of the molecule is C#CC[C@H](CC)NC(=O)N1CCN(CC(F)(F)F)[C@@H](C)C1. The first-order valence-corrected chi connectivity index (χ1v) is 7.06. The lowest BCUT2D eigenvalue weighted by atomic mass is 10.1. The number of urea groups is 1. The third-order valence-corrected chi connectivity index (χ3v) is 3.62. The van der Waals surface area contributed by atoms with E-state index in [4.69, 9.17) is 6.42 Å². The van der Waals surface area contributed by atoms with Gasteiger partial charge in [0.2, 0.25) is 0 Å². The van der Waals surface area contributed by atoms with Crippen LogP contribution >= 0.6 is 0 Å². The van der Waals surface area contributed by atoms with Crippen LogP contribution in [0.25, 0.3) is 0 Å². The lowest BCUT2D eigenvalue weighted by Gasteiger charge is -2.40. The van der Waals surface area contributed by atoms with Gasteiger partial charge in [-0.05, 0) is 13.3 Å². The lowest BCUT2D eigenvalue weighted by molar-refractivity contribution is -0.153. The summed E-state index contributed by atoms with van der Waals surface area (Å²) in [6, 6.07) is -0.666. The van der Waals surface area contributed by atoms with Crippen LogP contribution in [0.15, 0.2) is 0 Å². The van der Waals surface area contributed by atoms with Crippen molar-refractivity contribution in [2.75, 3.05) is 26.2 Å². The molecule has 1 saturated heterocycles. The van der Waals surface area contributed by atoms with Gasteiger partial charge in [-0.2, -0.15) is 13.2 Å². The molecular formula is C14H22F3N3O. The Labute approximate surface area is 123 Å². The van der Waals surface area contributed by atoms with Crippen LogP contribution in [0.4, 0.5) is 18.0 Å². The minimum Gasteiger partial charge on any atom is -0.334 e. The second-order valence-electron chi connectivity index (χ2n) is 5.34. The molecule has 21 heavy (non-hydrogen) atoms. The van der Waals surface area contributed by atoms with E-state index < -0.39 is 12.7 Å². The Morgan fingerprint density at radius 3 is 2.62 bits per heavy atom. The smallest absolute Gasteiger partial charge is 0.334 e. The number of rotatable bonds is 4. The molecule has 0 unspecified atom stereocenters. The largest absolute Gasteiger partial charge is 0.401 e. The number of carbonyl (C=O) groups is 1. The fourth-order valence-corrected chi connectivity index (χ4v) is 2.35. The number of carbonyl (C=O) groups excluding carboxylic acids is 1. The van der Waals surface area contributed by atoms with Crippen molar-refractivity contribution in [1.29, 1.82) is 0 Å². The Hall–Kier alpha value is -1.42. The predicted molar refractivity (Wildman–Crippen MR) is 74.7 cm³/mol. The summed E-state index contributed by atoms with van der Waals surface area (Å²) in [6.45, 7) is 3.49. The molecule has 1 heterocycles. The van der Waals surface area contributed by atoms with E-state index in [1.54, 1.807) is 11.8 Å². The summed E-state index contributed by atoms with van der Waals surface area (Å²) in [4.78, 5) is 15.0. The molecule has 0 aromatic rings. The highest BCUT2D eigenvalue weighted by molar-refractivity contribution is 5.74. The average molecular weight is 305 g/mol. The number of nitrogens with one attached hydrogen (secondary N) is 1. The minimum absolute atomic E-state index is 0.0917. The van der Waals surface area contributed by atoms with Crippen molar-refractivity contribution < 1.29 is 18.0 Å². The molecule has 0 bridgehead atoms. The number of halogens is 3. The minimum atomic E-state index is -4.21. The van der Waals surface area contributed by atoms with Crippen LogP contribution in [-0.4, -0.2) is 60.3 Å². The zero-order chi connectivity index (χ0) is 16.0. The van der Waals surface area contributed by atoms with Crippen LogP contribution in [0, 0.1) is 12.3 Å². The van der Waals surface area contributed by atoms with Crippen molar-refractivity contribution in [3.63, 3.8) is 0 Å². The van der Waals surface area contributed by atoms with Crippen LogP contribution in [0.1, 0.15) is 26.7 Å². The van der Waals surface area contributed by atoms with Crippen LogP contribution < -0.4 is 5.32 Å². The number of hydrogen-bond acceptors (Lipinski definition) is 2. The molecule has 0 aliphatic carbocycles. The van der Waals surface area contributed by atoms with Gasteiger partial charge >= 0.3 is 12.2 Å². The Morgan fingerprint density at radius 1 is 1.48 bits per heavy atom. The van der Waals surface area contributed by atoms with E-state index in [-0.39, 0.29) is 31.2 Å². The van der Waals surface area contributed by atoms with E-state index in [1.807, 2.05) is 6.92 Å². The van der Waals surface area contributed by atoms with E-state index in [1.165, 1.54) is 4.90 Å². The molecule has 1 fully saturated rings. The predicted octanol–water partition coefficient (Wildman–Crippen LogP) is 2.07. The number of nitrogens with zero attached hydrogens (tertiary/aromatic N) is 2. The molecule has 4 nitrogen and oxygen atoms in total. The van der Waals surface area contributed by atoms with Crippen molar-refractivity contribution in [2.24, 2.45) is 0 Å². The highest BCUT2D eigenvalue weighted by atomic mass is 19.4. The van der Waals surface area contributed by atoms with Crippen molar-refractivity contribution in [2.45, 2.75) is 44.9 Å². The summed E-state index contributed by atoms with van der Waals surface area (Å²) in [5.41, 5.74) is 0. The molecule has 1 aliphatic rings. The average Bonchev–Trinajstić information content (AvgIpc) is 2.39. The highest BCUT2D eigenvalue weighted by Crippen LogP contribution is 2.20. The zero-order valence-corrected chi connectivity index (χ0v) is 12.4. The van der Waals surface area contributed by atoms with E-state index in [0.29, 0.717) is 13.0 Å². The first-order chi connectivity index (χ1) is 9.76. The second kappa shape index (κ2) is 7.55. The number of piperazine rings is 1. The topological polar surface area (TPSA) is 35.6 Å². The monoisotopic (exact) mass is 305 g/mol. The Balaban J connectivity index is 2.50. The fourth-order valence-electron chi connectivity index (χ4n) is 2.35. The van der Waals surface area contributed by atoms with Crippen molar-refractivity contribution in [1.82, 2.24) is 15.1 Å². The Bertz CT molecular complexity index is 392. The molecule has 120 valence electrons. The summed E-state index contributed by atoms with van der Waals surface area (Å²) in [6.07, 6.45) is 2.19. The van der Waals surface area contributed by atoms with Gasteiger partial charge in [0.25, 0.3) is 0 Å². The van der Waals surface area contributed by atoms with Crippen LogP contribution in [0.2, 0.25) is 0 Å². The molecule has 1 aliphatic heterocycles. The third kappa shape index (κ3) is 5.84. The van der Waals surface area contributed by atoms with E-state index in [9.17, 15) is 18.0 Å². The number of hydrogen-bond donors (Lipinski definition) is 1. The number of alkyl halides is 3. The summed E-state index contributed by atoms with van der Waals surface area (Å²) >= 11 is 0. The quantitative estimate of drug-likeness (QED) is 0.807. The Kier molecular flexibility index (Phi) is 6.34. The van der Waals surface area contributed by atoms with Gasteiger partial charge < -0.3 is 10.2 Å². The van der Waals surface area contributed by atoms with Crippen LogP contribution in [-0.2, 0) is 0 Å². The molecule has 0 saturated carbocycles.